The number of ether oxygens (including phenoxy) is 2. The summed E-state index contributed by atoms with van der Waals surface area (Å²) in [6, 6.07) is 8.06. The molecule has 1 fully saturated rings. The van der Waals surface area contributed by atoms with E-state index in [-0.39, 0.29) is 5.97 Å². The summed E-state index contributed by atoms with van der Waals surface area (Å²) < 4.78 is 11.2. The van der Waals surface area contributed by atoms with Crippen LogP contribution >= 0.6 is 0 Å². The molecule has 1 aromatic carbocycles. The molecule has 0 unspecified atom stereocenters. The maximum atomic E-state index is 11.5. The molecule has 0 saturated carbocycles. The summed E-state index contributed by atoms with van der Waals surface area (Å²) in [5, 5.41) is 0. The first-order valence-electron chi connectivity index (χ1n) is 5.70. The molecule has 0 amide bonds. The van der Waals surface area contributed by atoms with Gasteiger partial charge in [-0.2, -0.15) is 0 Å². The lowest BCUT2D eigenvalue weighted by Gasteiger charge is -2.32. The van der Waals surface area contributed by atoms with Crippen molar-refractivity contribution in [2.24, 2.45) is 0 Å². The van der Waals surface area contributed by atoms with Crippen molar-refractivity contribution in [3.8, 4) is 0 Å². The third kappa shape index (κ3) is 1.28. The van der Waals surface area contributed by atoms with E-state index in [4.69, 9.17) is 9.47 Å². The van der Waals surface area contributed by atoms with Gasteiger partial charge in [0.15, 0.2) is 6.10 Å². The number of hydrogen-bond acceptors (Lipinski definition) is 3. The zero-order valence-electron chi connectivity index (χ0n) is 9.23. The van der Waals surface area contributed by atoms with Crippen molar-refractivity contribution in [3.63, 3.8) is 0 Å². The molecule has 1 aliphatic heterocycles. The summed E-state index contributed by atoms with van der Waals surface area (Å²) in [4.78, 5) is 11.5. The number of benzene rings is 1. The molecule has 2 aliphatic rings. The van der Waals surface area contributed by atoms with Gasteiger partial charge in [0.25, 0.3) is 0 Å². The fourth-order valence-corrected chi connectivity index (χ4v) is 2.59. The van der Waals surface area contributed by atoms with E-state index in [1.54, 1.807) is 6.92 Å². The van der Waals surface area contributed by atoms with Gasteiger partial charge in [0.1, 0.15) is 0 Å². The molecule has 1 saturated heterocycles. The molecule has 0 aromatic heterocycles. The van der Waals surface area contributed by atoms with Gasteiger partial charge in [-0.05, 0) is 25.3 Å². The third-order valence-electron chi connectivity index (χ3n) is 3.34. The number of hydrogen-bond donors (Lipinski definition) is 0. The highest BCUT2D eigenvalue weighted by Crippen LogP contribution is 2.43. The molecule has 3 nitrogen and oxygen atoms in total. The van der Waals surface area contributed by atoms with Crippen molar-refractivity contribution in [3.05, 3.63) is 35.4 Å². The van der Waals surface area contributed by atoms with E-state index in [0.29, 0.717) is 0 Å². The highest BCUT2D eigenvalue weighted by molar-refractivity contribution is 5.76. The topological polar surface area (TPSA) is 35.5 Å². The second-order valence-electron chi connectivity index (χ2n) is 4.44. The Bertz CT molecular complexity index is 441. The highest BCUT2D eigenvalue weighted by Gasteiger charge is 2.49. The molecule has 1 aromatic rings. The molecule has 1 heterocycles. The fraction of sp³-hybridized carbons (Fsp3) is 0.462. The van der Waals surface area contributed by atoms with E-state index in [0.717, 1.165) is 24.8 Å². The van der Waals surface area contributed by atoms with Crippen LogP contribution in [0.4, 0.5) is 0 Å². The van der Waals surface area contributed by atoms with Crippen molar-refractivity contribution in [1.82, 2.24) is 0 Å². The lowest BCUT2D eigenvalue weighted by Crippen LogP contribution is -2.32. The van der Waals surface area contributed by atoms with Crippen LogP contribution in [0.25, 0.3) is 0 Å². The Morgan fingerprint density at radius 2 is 2.19 bits per heavy atom. The van der Waals surface area contributed by atoms with E-state index >= 15 is 0 Å². The molecular formula is C13H14O3. The Hall–Kier alpha value is -1.35. The summed E-state index contributed by atoms with van der Waals surface area (Å²) >= 11 is 0. The molecule has 0 N–H and O–H groups in total. The van der Waals surface area contributed by atoms with E-state index in [1.165, 1.54) is 5.56 Å². The number of aryl methyl sites for hydroxylation is 1. The number of fused-ring (bicyclic) bond motifs is 2. The van der Waals surface area contributed by atoms with Gasteiger partial charge in [-0.25, -0.2) is 4.79 Å². The smallest absolute Gasteiger partial charge is 0.337 e. The molecule has 1 spiro atoms. The minimum absolute atomic E-state index is 0.253. The van der Waals surface area contributed by atoms with Gasteiger partial charge in [0.2, 0.25) is 5.79 Å². The molecular weight excluding hydrogens is 204 g/mol. The fourth-order valence-electron chi connectivity index (χ4n) is 2.59. The molecule has 2 atom stereocenters. The predicted octanol–water partition coefficient (Wildman–Crippen LogP) is 2.14. The number of carbonyl (C=O) groups excluding carboxylic acids is 1. The largest absolute Gasteiger partial charge is 0.427 e. The molecule has 0 bridgehead atoms. The summed E-state index contributed by atoms with van der Waals surface area (Å²) in [5.41, 5.74) is 2.26. The zero-order chi connectivity index (χ0) is 11.2. The van der Waals surface area contributed by atoms with E-state index in [9.17, 15) is 4.79 Å². The van der Waals surface area contributed by atoms with Crippen LogP contribution < -0.4 is 0 Å². The molecule has 0 radical (unpaired) electrons. The lowest BCUT2D eigenvalue weighted by atomic mass is 9.86. The van der Waals surface area contributed by atoms with Crippen molar-refractivity contribution in [1.29, 1.82) is 0 Å². The van der Waals surface area contributed by atoms with Crippen LogP contribution in [-0.4, -0.2) is 12.1 Å². The maximum Gasteiger partial charge on any atom is 0.337 e. The monoisotopic (exact) mass is 218 g/mol. The normalized spacial score (nSPS) is 32.6. The first kappa shape index (κ1) is 9.85. The summed E-state index contributed by atoms with van der Waals surface area (Å²) in [7, 11) is 0. The van der Waals surface area contributed by atoms with E-state index in [2.05, 4.69) is 6.07 Å². The summed E-state index contributed by atoms with van der Waals surface area (Å²) in [5.74, 6) is -1.05. The van der Waals surface area contributed by atoms with Crippen LogP contribution in [0.2, 0.25) is 0 Å². The van der Waals surface area contributed by atoms with Crippen molar-refractivity contribution < 1.29 is 14.3 Å². The average molecular weight is 218 g/mol. The first-order valence-corrected chi connectivity index (χ1v) is 5.70. The second kappa shape index (κ2) is 3.32. The first-order chi connectivity index (χ1) is 7.71. The third-order valence-corrected chi connectivity index (χ3v) is 3.34. The highest BCUT2D eigenvalue weighted by atomic mass is 16.8. The van der Waals surface area contributed by atoms with Crippen LogP contribution in [0.1, 0.15) is 30.9 Å². The quantitative estimate of drug-likeness (QED) is 0.626. The van der Waals surface area contributed by atoms with Gasteiger partial charge in [0, 0.05) is 12.0 Å². The Kier molecular flexibility index (Phi) is 2.04. The summed E-state index contributed by atoms with van der Waals surface area (Å²) in [6.07, 6.45) is 2.34. The van der Waals surface area contributed by atoms with Gasteiger partial charge in [-0.1, -0.05) is 24.3 Å². The second-order valence-corrected chi connectivity index (χ2v) is 4.44. The average Bonchev–Trinajstić information content (AvgIpc) is 2.56. The number of esters is 1. The maximum absolute atomic E-state index is 11.5. The minimum Gasteiger partial charge on any atom is -0.427 e. The molecule has 84 valence electrons. The van der Waals surface area contributed by atoms with Gasteiger partial charge in [-0.15, -0.1) is 0 Å². The van der Waals surface area contributed by atoms with Crippen LogP contribution in [0.5, 0.6) is 0 Å². The zero-order valence-corrected chi connectivity index (χ0v) is 9.23. The van der Waals surface area contributed by atoms with Gasteiger partial charge in [-0.3, -0.25) is 0 Å². The molecule has 3 rings (SSSR count). The van der Waals surface area contributed by atoms with Gasteiger partial charge < -0.3 is 9.47 Å². The van der Waals surface area contributed by atoms with Gasteiger partial charge >= 0.3 is 5.97 Å². The molecule has 3 heteroatoms. The standard InChI is InChI=1S/C13H14O3/c1-9-12(14)16-13(15-9)8-4-6-10-5-2-3-7-11(10)13/h2-3,5,7,9H,4,6,8H2,1H3/t9-,13-/m1/s1. The van der Waals surface area contributed by atoms with Crippen molar-refractivity contribution >= 4 is 5.97 Å². The SMILES string of the molecule is C[C@H]1O[C@]2(CCCc3ccccc32)OC1=O. The Labute approximate surface area is 94.4 Å². The summed E-state index contributed by atoms with van der Waals surface area (Å²) in [6.45, 7) is 1.74. The molecule has 16 heavy (non-hydrogen) atoms. The van der Waals surface area contributed by atoms with E-state index in [1.807, 2.05) is 18.2 Å². The molecule has 1 aliphatic carbocycles. The Morgan fingerprint density at radius 1 is 1.38 bits per heavy atom. The predicted molar refractivity (Wildman–Crippen MR) is 57.7 cm³/mol. The Balaban J connectivity index is 2.08. The number of rotatable bonds is 0. The van der Waals surface area contributed by atoms with E-state index < -0.39 is 11.9 Å². The van der Waals surface area contributed by atoms with Crippen LogP contribution in [0.15, 0.2) is 24.3 Å². The van der Waals surface area contributed by atoms with Crippen molar-refractivity contribution in [2.75, 3.05) is 0 Å². The van der Waals surface area contributed by atoms with Crippen LogP contribution in [0.3, 0.4) is 0 Å². The lowest BCUT2D eigenvalue weighted by molar-refractivity contribution is -0.190. The number of carbonyl (C=O) groups is 1. The Morgan fingerprint density at radius 3 is 2.94 bits per heavy atom. The minimum atomic E-state index is -0.800. The van der Waals surface area contributed by atoms with Gasteiger partial charge in [0.05, 0.1) is 0 Å². The van der Waals surface area contributed by atoms with Crippen LogP contribution in [-0.2, 0) is 26.5 Å². The van der Waals surface area contributed by atoms with Crippen molar-refractivity contribution in [2.45, 2.75) is 38.1 Å². The van der Waals surface area contributed by atoms with Crippen LogP contribution in [0, 0.1) is 0 Å².